The van der Waals surface area contributed by atoms with Crippen molar-refractivity contribution >= 4 is 29.2 Å². The number of imide groups is 1. The molecule has 0 spiro atoms. The molecule has 1 aliphatic carbocycles. The van der Waals surface area contributed by atoms with Gasteiger partial charge in [-0.3, -0.25) is 19.5 Å². The van der Waals surface area contributed by atoms with Crippen molar-refractivity contribution in [3.63, 3.8) is 0 Å². The standard InChI is InChI=1S/C34H33FN2O4/c1-2-8-23-19-25-32(34(40)37(33(25)39)24-9-4-3-5-10-24)26-20-41-30(31(23)26)15-13-22(28-11-6-7-16-36-28)17-21-12-14-29(38)27(35)18-21/h3-7,9-12,14,16-18,25-26,30,32,38H,2,8,13,15,19-20H2,1H3/b22-17-/t25-,26+,30-,32-/m1/s1. The summed E-state index contributed by atoms with van der Waals surface area (Å²) in [5, 5.41) is 9.62. The lowest BCUT2D eigenvalue weighted by molar-refractivity contribution is -0.122. The molecule has 6 nitrogen and oxygen atoms in total. The lowest BCUT2D eigenvalue weighted by Gasteiger charge is -2.32. The van der Waals surface area contributed by atoms with Crippen molar-refractivity contribution in [1.29, 1.82) is 0 Å². The topological polar surface area (TPSA) is 79.7 Å². The fourth-order valence-corrected chi connectivity index (χ4v) is 6.77. The number of allylic oxidation sites excluding steroid dienone is 2. The van der Waals surface area contributed by atoms with E-state index in [0.29, 0.717) is 37.1 Å². The lowest BCUT2D eigenvalue weighted by atomic mass is 9.68. The number of amides is 2. The van der Waals surface area contributed by atoms with Crippen LogP contribution in [0.15, 0.2) is 84.1 Å². The van der Waals surface area contributed by atoms with Gasteiger partial charge < -0.3 is 9.84 Å². The smallest absolute Gasteiger partial charge is 0.238 e. The summed E-state index contributed by atoms with van der Waals surface area (Å²) in [6.07, 6.45) is 7.16. The van der Waals surface area contributed by atoms with E-state index >= 15 is 0 Å². The van der Waals surface area contributed by atoms with Crippen molar-refractivity contribution in [2.75, 3.05) is 11.5 Å². The van der Waals surface area contributed by atoms with Crippen LogP contribution in [0.2, 0.25) is 0 Å². The second-order valence-electron chi connectivity index (χ2n) is 11.1. The van der Waals surface area contributed by atoms with E-state index < -0.39 is 11.7 Å². The Morgan fingerprint density at radius 3 is 2.61 bits per heavy atom. The number of ether oxygens (including phenoxy) is 1. The Hall–Kier alpha value is -4.10. The fourth-order valence-electron chi connectivity index (χ4n) is 6.77. The number of phenols is 1. The van der Waals surface area contributed by atoms with Gasteiger partial charge in [0.05, 0.1) is 35.9 Å². The Morgan fingerprint density at radius 2 is 1.88 bits per heavy atom. The highest BCUT2D eigenvalue weighted by Gasteiger charge is 2.57. The van der Waals surface area contributed by atoms with Gasteiger partial charge in [-0.25, -0.2) is 4.39 Å². The summed E-state index contributed by atoms with van der Waals surface area (Å²) in [6, 6.07) is 19.2. The quantitative estimate of drug-likeness (QED) is 0.253. The van der Waals surface area contributed by atoms with Crippen LogP contribution < -0.4 is 4.90 Å². The maximum Gasteiger partial charge on any atom is 0.238 e. The Labute approximate surface area is 239 Å². The van der Waals surface area contributed by atoms with E-state index in [0.717, 1.165) is 24.1 Å². The van der Waals surface area contributed by atoms with Crippen molar-refractivity contribution in [1.82, 2.24) is 4.98 Å². The van der Waals surface area contributed by atoms with Gasteiger partial charge in [0, 0.05) is 12.1 Å². The Morgan fingerprint density at radius 1 is 1.07 bits per heavy atom. The first-order valence-corrected chi connectivity index (χ1v) is 14.3. The number of aromatic hydroxyl groups is 1. The minimum atomic E-state index is -0.674. The van der Waals surface area contributed by atoms with E-state index in [1.165, 1.54) is 28.2 Å². The van der Waals surface area contributed by atoms with Crippen LogP contribution >= 0.6 is 0 Å². The number of carbonyl (C=O) groups is 2. The van der Waals surface area contributed by atoms with Gasteiger partial charge in [0.15, 0.2) is 11.6 Å². The number of para-hydroxylation sites is 1. The number of aromatic nitrogens is 1. The zero-order valence-electron chi connectivity index (χ0n) is 23.0. The number of fused-ring (bicyclic) bond motifs is 3. The van der Waals surface area contributed by atoms with Crippen LogP contribution in [0, 0.1) is 23.6 Å². The summed E-state index contributed by atoms with van der Waals surface area (Å²) in [5.74, 6) is -2.17. The molecule has 0 unspecified atom stereocenters. The molecule has 41 heavy (non-hydrogen) atoms. The summed E-state index contributed by atoms with van der Waals surface area (Å²) >= 11 is 0. The molecule has 1 N–H and O–H groups in total. The molecule has 3 heterocycles. The first-order chi connectivity index (χ1) is 20.0. The van der Waals surface area contributed by atoms with Gasteiger partial charge in [0.2, 0.25) is 11.8 Å². The van der Waals surface area contributed by atoms with Gasteiger partial charge in [-0.05, 0) is 84.9 Å². The van der Waals surface area contributed by atoms with Gasteiger partial charge in [0.1, 0.15) is 0 Å². The number of hydrogen-bond acceptors (Lipinski definition) is 5. The number of pyridine rings is 1. The Kier molecular flexibility index (Phi) is 7.54. The second-order valence-corrected chi connectivity index (χ2v) is 11.1. The number of halogens is 1. The number of benzene rings is 2. The van der Waals surface area contributed by atoms with Crippen LogP contribution in [-0.4, -0.2) is 34.6 Å². The number of anilines is 1. The zero-order valence-corrected chi connectivity index (χ0v) is 23.0. The van der Waals surface area contributed by atoms with Crippen molar-refractivity contribution in [2.45, 2.75) is 45.1 Å². The fraction of sp³-hybridized carbons (Fsp3) is 0.324. The number of phenolic OH excluding ortho intramolecular Hbond substituents is 1. The molecule has 1 aromatic heterocycles. The summed E-state index contributed by atoms with van der Waals surface area (Å²) in [4.78, 5) is 33.2. The Balaban J connectivity index is 1.28. The van der Waals surface area contributed by atoms with Crippen LogP contribution in [-0.2, 0) is 14.3 Å². The maximum absolute atomic E-state index is 14.1. The molecule has 2 aliphatic heterocycles. The van der Waals surface area contributed by atoms with Crippen molar-refractivity contribution in [3.8, 4) is 5.75 Å². The lowest BCUT2D eigenvalue weighted by Crippen LogP contribution is -2.34. The second kappa shape index (κ2) is 11.4. The normalized spacial score (nSPS) is 24.1. The number of hydrogen-bond donors (Lipinski definition) is 1. The molecule has 4 atom stereocenters. The highest BCUT2D eigenvalue weighted by molar-refractivity contribution is 6.22. The number of carbonyl (C=O) groups excluding carboxylic acids is 2. The Bertz CT molecular complexity index is 1520. The highest BCUT2D eigenvalue weighted by Crippen LogP contribution is 2.51. The summed E-state index contributed by atoms with van der Waals surface area (Å²) in [5.41, 5.74) is 5.42. The van der Waals surface area contributed by atoms with E-state index in [4.69, 9.17) is 4.74 Å². The molecule has 0 radical (unpaired) electrons. The summed E-state index contributed by atoms with van der Waals surface area (Å²) in [6.45, 7) is 2.55. The molecule has 2 aromatic carbocycles. The van der Waals surface area contributed by atoms with Crippen LogP contribution in [0.4, 0.5) is 10.1 Å². The third kappa shape index (κ3) is 5.10. The third-order valence-electron chi connectivity index (χ3n) is 8.56. The molecular weight excluding hydrogens is 519 g/mol. The molecular formula is C34H33FN2O4. The summed E-state index contributed by atoms with van der Waals surface area (Å²) in [7, 11) is 0. The minimum absolute atomic E-state index is 0.108. The third-order valence-corrected chi connectivity index (χ3v) is 8.56. The van der Waals surface area contributed by atoms with Crippen LogP contribution in [0.5, 0.6) is 5.75 Å². The molecule has 0 bridgehead atoms. The summed E-state index contributed by atoms with van der Waals surface area (Å²) < 4.78 is 20.5. The average molecular weight is 553 g/mol. The van der Waals surface area contributed by atoms with Crippen molar-refractivity contribution < 1.29 is 23.8 Å². The van der Waals surface area contributed by atoms with Gasteiger partial charge in [-0.2, -0.15) is 0 Å². The van der Waals surface area contributed by atoms with E-state index in [9.17, 15) is 19.1 Å². The van der Waals surface area contributed by atoms with Gasteiger partial charge in [0.25, 0.3) is 0 Å². The maximum atomic E-state index is 14.1. The predicted octanol–water partition coefficient (Wildman–Crippen LogP) is 6.57. The molecule has 3 aliphatic rings. The minimum Gasteiger partial charge on any atom is -0.505 e. The first kappa shape index (κ1) is 27.1. The van der Waals surface area contributed by atoms with E-state index in [1.54, 1.807) is 12.3 Å². The van der Waals surface area contributed by atoms with Crippen molar-refractivity contribution in [3.05, 3.63) is 101 Å². The molecule has 2 fully saturated rings. The molecule has 6 rings (SSSR count). The molecule has 2 saturated heterocycles. The van der Waals surface area contributed by atoms with Gasteiger partial charge >= 0.3 is 0 Å². The monoisotopic (exact) mass is 552 g/mol. The van der Waals surface area contributed by atoms with Crippen LogP contribution in [0.25, 0.3) is 11.6 Å². The first-order valence-electron chi connectivity index (χ1n) is 14.3. The van der Waals surface area contributed by atoms with E-state index in [-0.39, 0.29) is 35.5 Å². The molecule has 7 heteroatoms. The van der Waals surface area contributed by atoms with E-state index in [2.05, 4.69) is 11.9 Å². The van der Waals surface area contributed by atoms with Crippen LogP contribution in [0.1, 0.15) is 50.3 Å². The number of rotatable bonds is 8. The zero-order chi connectivity index (χ0) is 28.5. The SMILES string of the molecule is CCCC1=C2[C@@H](CC/C(=C/c3ccc(O)c(F)c3)c3ccccn3)OC[C@@H]2[C@@H]2C(=O)N(c3ccccc3)C(=O)[C@@H]2C1. The van der Waals surface area contributed by atoms with Crippen LogP contribution in [0.3, 0.4) is 0 Å². The number of nitrogens with zero attached hydrogens (tertiary/aromatic N) is 2. The van der Waals surface area contributed by atoms with Gasteiger partial charge in [-0.15, -0.1) is 0 Å². The molecule has 210 valence electrons. The predicted molar refractivity (Wildman–Crippen MR) is 155 cm³/mol. The van der Waals surface area contributed by atoms with Crippen molar-refractivity contribution in [2.24, 2.45) is 17.8 Å². The highest BCUT2D eigenvalue weighted by atomic mass is 19.1. The molecule has 0 saturated carbocycles. The largest absolute Gasteiger partial charge is 0.505 e. The molecule has 3 aromatic rings. The molecule has 2 amide bonds. The van der Waals surface area contributed by atoms with Gasteiger partial charge in [-0.1, -0.05) is 49.2 Å². The average Bonchev–Trinajstić information content (AvgIpc) is 3.52. The van der Waals surface area contributed by atoms with E-state index in [1.807, 2.05) is 54.6 Å².